The molecule has 8 heteroatoms. The molecular formula is C11H8N4O4. The van der Waals surface area contributed by atoms with Gasteiger partial charge in [0, 0.05) is 18.5 Å². The van der Waals surface area contributed by atoms with Crippen LogP contribution >= 0.6 is 0 Å². The summed E-state index contributed by atoms with van der Waals surface area (Å²) in [6.07, 6.45) is 4.07. The molecule has 0 fully saturated rings. The first kappa shape index (κ1) is 12.4. The molecule has 2 heterocycles. The molecule has 2 rings (SSSR count). The lowest BCUT2D eigenvalue weighted by Crippen LogP contribution is -2.04. The summed E-state index contributed by atoms with van der Waals surface area (Å²) in [4.78, 5) is 28.6. The first-order valence-electron chi connectivity index (χ1n) is 5.12. The van der Waals surface area contributed by atoms with Gasteiger partial charge in [-0.05, 0) is 12.1 Å². The zero-order valence-corrected chi connectivity index (χ0v) is 9.48. The number of anilines is 2. The Morgan fingerprint density at radius 2 is 2.21 bits per heavy atom. The number of hydrogen-bond acceptors (Lipinski definition) is 6. The lowest BCUT2D eigenvalue weighted by Gasteiger charge is -2.05. The van der Waals surface area contributed by atoms with E-state index in [0.717, 1.165) is 12.3 Å². The number of aromatic carboxylic acids is 1. The number of aromatic nitrogens is 2. The summed E-state index contributed by atoms with van der Waals surface area (Å²) < 4.78 is 0. The summed E-state index contributed by atoms with van der Waals surface area (Å²) in [6.45, 7) is 0. The van der Waals surface area contributed by atoms with Crippen LogP contribution < -0.4 is 5.32 Å². The molecule has 19 heavy (non-hydrogen) atoms. The second-order valence-electron chi connectivity index (χ2n) is 3.52. The highest BCUT2D eigenvalue weighted by Crippen LogP contribution is 2.25. The Morgan fingerprint density at radius 1 is 1.42 bits per heavy atom. The molecule has 0 saturated carbocycles. The van der Waals surface area contributed by atoms with Crippen molar-refractivity contribution in [2.45, 2.75) is 0 Å². The van der Waals surface area contributed by atoms with Crippen molar-refractivity contribution in [2.75, 3.05) is 5.32 Å². The van der Waals surface area contributed by atoms with Gasteiger partial charge in [-0.25, -0.2) is 9.78 Å². The number of carboxylic acids is 1. The van der Waals surface area contributed by atoms with Crippen LogP contribution in [0, 0.1) is 10.1 Å². The largest absolute Gasteiger partial charge is 0.478 e. The molecule has 0 spiro atoms. The summed E-state index contributed by atoms with van der Waals surface area (Å²) >= 11 is 0. The molecule has 0 aliphatic carbocycles. The average Bonchev–Trinajstić information content (AvgIpc) is 2.39. The van der Waals surface area contributed by atoms with Crippen molar-refractivity contribution in [1.29, 1.82) is 0 Å². The van der Waals surface area contributed by atoms with E-state index in [1.54, 1.807) is 18.3 Å². The Labute approximate surface area is 106 Å². The molecule has 0 unspecified atom stereocenters. The number of carbonyl (C=O) groups is 1. The second kappa shape index (κ2) is 5.08. The van der Waals surface area contributed by atoms with Gasteiger partial charge < -0.3 is 10.4 Å². The van der Waals surface area contributed by atoms with Gasteiger partial charge in [0.25, 0.3) is 0 Å². The number of rotatable bonds is 4. The van der Waals surface area contributed by atoms with Crippen LogP contribution in [0.1, 0.15) is 10.4 Å². The summed E-state index contributed by atoms with van der Waals surface area (Å²) in [5, 5.41) is 22.4. The molecule has 2 aromatic heterocycles. The molecule has 8 nitrogen and oxygen atoms in total. The number of nitrogens with zero attached hydrogens (tertiary/aromatic N) is 3. The fourth-order valence-corrected chi connectivity index (χ4v) is 1.38. The van der Waals surface area contributed by atoms with Gasteiger partial charge in [0.1, 0.15) is 0 Å². The van der Waals surface area contributed by atoms with Crippen LogP contribution in [0.25, 0.3) is 0 Å². The van der Waals surface area contributed by atoms with Crippen LogP contribution in [-0.2, 0) is 0 Å². The molecule has 0 amide bonds. The third-order valence-electron chi connectivity index (χ3n) is 2.24. The lowest BCUT2D eigenvalue weighted by molar-refractivity contribution is -0.384. The van der Waals surface area contributed by atoms with Gasteiger partial charge in [-0.15, -0.1) is 0 Å². The number of carboxylic acid groups (broad SMARTS) is 1. The molecule has 0 aromatic carbocycles. The van der Waals surface area contributed by atoms with Crippen molar-refractivity contribution >= 4 is 23.2 Å². The Kier molecular flexibility index (Phi) is 3.33. The number of nitro groups is 1. The molecule has 0 aliphatic heterocycles. The topological polar surface area (TPSA) is 118 Å². The van der Waals surface area contributed by atoms with Gasteiger partial charge in [-0.1, -0.05) is 0 Å². The summed E-state index contributed by atoms with van der Waals surface area (Å²) in [7, 11) is 0. The molecule has 0 bridgehead atoms. The van der Waals surface area contributed by atoms with Gasteiger partial charge in [-0.3, -0.25) is 15.1 Å². The van der Waals surface area contributed by atoms with E-state index in [1.807, 2.05) is 0 Å². The van der Waals surface area contributed by atoms with Gasteiger partial charge in [0.2, 0.25) is 5.82 Å². The van der Waals surface area contributed by atoms with Crippen LogP contribution in [0.4, 0.5) is 17.2 Å². The van der Waals surface area contributed by atoms with E-state index >= 15 is 0 Å². The van der Waals surface area contributed by atoms with E-state index in [0.29, 0.717) is 5.69 Å². The van der Waals surface area contributed by atoms with Gasteiger partial charge in [-0.2, -0.15) is 0 Å². The standard InChI is InChI=1S/C11H8N4O4/c16-11(17)7-4-9(15(18)19)10(13-5-7)14-8-2-1-3-12-6-8/h1-6H,(H,13,14)(H,16,17). The normalized spacial score (nSPS) is 9.89. The molecule has 0 aliphatic rings. The molecule has 0 saturated heterocycles. The summed E-state index contributed by atoms with van der Waals surface area (Å²) in [6, 6.07) is 4.26. The van der Waals surface area contributed by atoms with Gasteiger partial charge in [0.05, 0.1) is 22.4 Å². The zero-order valence-electron chi connectivity index (χ0n) is 9.48. The number of nitrogens with one attached hydrogen (secondary N) is 1. The number of pyridine rings is 2. The van der Waals surface area contributed by atoms with E-state index in [2.05, 4.69) is 15.3 Å². The van der Waals surface area contributed by atoms with Gasteiger partial charge in [0.15, 0.2) is 0 Å². The maximum atomic E-state index is 10.9. The van der Waals surface area contributed by atoms with Crippen molar-refractivity contribution in [3.8, 4) is 0 Å². The Hall–Kier alpha value is -3.03. The minimum atomic E-state index is -1.27. The van der Waals surface area contributed by atoms with Crippen molar-refractivity contribution in [3.63, 3.8) is 0 Å². The van der Waals surface area contributed by atoms with Crippen molar-refractivity contribution in [1.82, 2.24) is 9.97 Å². The Balaban J connectivity index is 2.40. The van der Waals surface area contributed by atoms with Crippen LogP contribution in [0.5, 0.6) is 0 Å². The highest BCUT2D eigenvalue weighted by molar-refractivity contribution is 5.89. The molecule has 2 N–H and O–H groups in total. The monoisotopic (exact) mass is 260 g/mol. The first-order valence-corrected chi connectivity index (χ1v) is 5.12. The molecule has 0 atom stereocenters. The minimum absolute atomic E-state index is 0.0389. The highest BCUT2D eigenvalue weighted by Gasteiger charge is 2.18. The van der Waals surface area contributed by atoms with Crippen molar-refractivity contribution in [3.05, 3.63) is 52.5 Å². The fourth-order valence-electron chi connectivity index (χ4n) is 1.38. The van der Waals surface area contributed by atoms with Crippen LogP contribution in [0.2, 0.25) is 0 Å². The molecular weight excluding hydrogens is 252 g/mol. The smallest absolute Gasteiger partial charge is 0.337 e. The predicted octanol–water partition coefficient (Wildman–Crippen LogP) is 1.83. The minimum Gasteiger partial charge on any atom is -0.478 e. The van der Waals surface area contributed by atoms with Crippen molar-refractivity contribution < 1.29 is 14.8 Å². The fraction of sp³-hybridized carbons (Fsp3) is 0. The summed E-state index contributed by atoms with van der Waals surface area (Å²) in [5.74, 6) is -1.31. The van der Waals surface area contributed by atoms with E-state index in [9.17, 15) is 14.9 Å². The highest BCUT2D eigenvalue weighted by atomic mass is 16.6. The quantitative estimate of drug-likeness (QED) is 0.635. The van der Waals surface area contributed by atoms with E-state index in [4.69, 9.17) is 5.11 Å². The Morgan fingerprint density at radius 3 is 2.79 bits per heavy atom. The molecule has 0 radical (unpaired) electrons. The predicted molar refractivity (Wildman–Crippen MR) is 65.4 cm³/mol. The first-order chi connectivity index (χ1) is 9.08. The van der Waals surface area contributed by atoms with E-state index in [-0.39, 0.29) is 11.4 Å². The number of hydrogen-bond donors (Lipinski definition) is 2. The average molecular weight is 260 g/mol. The van der Waals surface area contributed by atoms with Crippen LogP contribution in [0.3, 0.4) is 0 Å². The maximum Gasteiger partial charge on any atom is 0.337 e. The van der Waals surface area contributed by atoms with E-state index < -0.39 is 16.6 Å². The lowest BCUT2D eigenvalue weighted by atomic mass is 10.2. The third-order valence-corrected chi connectivity index (χ3v) is 2.24. The summed E-state index contributed by atoms with van der Waals surface area (Å²) in [5.41, 5.74) is -0.145. The third kappa shape index (κ3) is 2.80. The molecule has 2 aromatic rings. The van der Waals surface area contributed by atoms with Crippen molar-refractivity contribution in [2.24, 2.45) is 0 Å². The molecule has 96 valence electrons. The van der Waals surface area contributed by atoms with Crippen LogP contribution in [-0.4, -0.2) is 26.0 Å². The van der Waals surface area contributed by atoms with Gasteiger partial charge >= 0.3 is 11.7 Å². The second-order valence-corrected chi connectivity index (χ2v) is 3.52. The van der Waals surface area contributed by atoms with Crippen LogP contribution in [0.15, 0.2) is 36.8 Å². The zero-order chi connectivity index (χ0) is 13.8. The van der Waals surface area contributed by atoms with E-state index in [1.165, 1.54) is 6.20 Å². The Bertz CT molecular complexity index is 630. The maximum absolute atomic E-state index is 10.9. The SMILES string of the molecule is O=C(O)c1cnc(Nc2cccnc2)c([N+](=O)[O-])c1.